The molecule has 0 bridgehead atoms. The summed E-state index contributed by atoms with van der Waals surface area (Å²) in [6, 6.07) is 12.2. The number of benzene rings is 1. The van der Waals surface area contributed by atoms with Crippen LogP contribution >= 0.6 is 0 Å². The Hall–Kier alpha value is -3.02. The van der Waals surface area contributed by atoms with Crippen molar-refractivity contribution in [3.05, 3.63) is 47.8 Å². The molecule has 10 nitrogen and oxygen atoms in total. The molecule has 1 aromatic carbocycles. The molecule has 41 heavy (non-hydrogen) atoms. The first-order chi connectivity index (χ1) is 20.0. The fraction of sp³-hybridized carbons (Fsp3) is 0.567. The number of fused-ring (bicyclic) bond motifs is 1. The Morgan fingerprint density at radius 2 is 1.63 bits per heavy atom. The summed E-state index contributed by atoms with van der Waals surface area (Å²) in [5, 5.41) is 5.60. The Labute approximate surface area is 241 Å². The van der Waals surface area contributed by atoms with E-state index in [2.05, 4.69) is 9.80 Å². The van der Waals surface area contributed by atoms with E-state index in [9.17, 15) is 13.2 Å². The number of hydrogen-bond donors (Lipinski definition) is 1. The monoisotopic (exact) mass is 578 g/mol. The van der Waals surface area contributed by atoms with Crippen LogP contribution in [0.25, 0.3) is 16.7 Å². The van der Waals surface area contributed by atoms with Crippen molar-refractivity contribution in [2.75, 3.05) is 31.1 Å². The van der Waals surface area contributed by atoms with Crippen LogP contribution in [0, 0.1) is 0 Å². The van der Waals surface area contributed by atoms with Crippen LogP contribution < -0.4 is 9.79 Å². The number of sulfonamides is 1. The van der Waals surface area contributed by atoms with Crippen molar-refractivity contribution < 1.29 is 18.0 Å². The van der Waals surface area contributed by atoms with E-state index in [0.717, 1.165) is 61.2 Å². The molecule has 2 aliphatic heterocycles. The van der Waals surface area contributed by atoms with Crippen molar-refractivity contribution in [3.8, 4) is 5.69 Å². The van der Waals surface area contributed by atoms with Gasteiger partial charge in [0.1, 0.15) is 0 Å². The highest BCUT2D eigenvalue weighted by Gasteiger charge is 2.37. The largest absolute Gasteiger partial charge is 0.376 e. The van der Waals surface area contributed by atoms with Crippen LogP contribution in [0.1, 0.15) is 86.3 Å². The number of anilines is 1. The number of carbonyl (C=O) groups excluding carboxylic acids is 1. The zero-order valence-electron chi connectivity index (χ0n) is 23.4. The van der Waals surface area contributed by atoms with Gasteiger partial charge in [-0.1, -0.05) is 31.0 Å². The summed E-state index contributed by atoms with van der Waals surface area (Å²) in [5.41, 5.74) is 3.51. The van der Waals surface area contributed by atoms with Crippen LogP contribution in [0.3, 0.4) is 0 Å². The van der Waals surface area contributed by atoms with E-state index < -0.39 is 21.2 Å². The second-order valence-electron chi connectivity index (χ2n) is 12.0. The second kappa shape index (κ2) is 11.0. The van der Waals surface area contributed by atoms with Gasteiger partial charge in [-0.15, -0.1) is 0 Å². The second-order valence-corrected chi connectivity index (χ2v) is 13.9. The van der Waals surface area contributed by atoms with E-state index in [0.29, 0.717) is 30.4 Å². The number of likely N-dealkylation sites (tertiary alicyclic amines) is 1. The van der Waals surface area contributed by atoms with Gasteiger partial charge in [0.15, 0.2) is 11.3 Å². The summed E-state index contributed by atoms with van der Waals surface area (Å²) in [4.78, 5) is 30.2. The van der Waals surface area contributed by atoms with Crippen LogP contribution in [-0.2, 0) is 14.9 Å². The van der Waals surface area contributed by atoms with Gasteiger partial charge >= 0.3 is 5.97 Å². The maximum absolute atomic E-state index is 13.3. The number of piperidine rings is 2. The van der Waals surface area contributed by atoms with Crippen molar-refractivity contribution in [1.82, 2.24) is 24.5 Å². The molecule has 1 N–H and O–H groups in total. The van der Waals surface area contributed by atoms with Crippen molar-refractivity contribution in [1.29, 1.82) is 0 Å². The highest BCUT2D eigenvalue weighted by atomic mass is 32.2. The van der Waals surface area contributed by atoms with E-state index in [-0.39, 0.29) is 5.69 Å². The summed E-state index contributed by atoms with van der Waals surface area (Å²) < 4.78 is 26.5. The Bertz CT molecular complexity index is 1520. The molecule has 4 aliphatic rings. The lowest BCUT2D eigenvalue weighted by molar-refractivity contribution is 0.0400. The zero-order valence-corrected chi connectivity index (χ0v) is 24.2. The molecule has 218 valence electrons. The van der Waals surface area contributed by atoms with Gasteiger partial charge in [0.2, 0.25) is 10.0 Å². The number of hydrogen-bond acceptors (Lipinski definition) is 8. The summed E-state index contributed by atoms with van der Waals surface area (Å²) >= 11 is 0. The lowest BCUT2D eigenvalue weighted by Crippen LogP contribution is -2.46. The molecule has 4 heterocycles. The first kappa shape index (κ1) is 26.9. The Morgan fingerprint density at radius 1 is 0.902 bits per heavy atom. The molecule has 0 unspecified atom stereocenters. The van der Waals surface area contributed by atoms with E-state index in [1.165, 1.54) is 38.8 Å². The van der Waals surface area contributed by atoms with E-state index >= 15 is 0 Å². The molecule has 0 amide bonds. The molecule has 3 aromatic rings. The summed E-state index contributed by atoms with van der Waals surface area (Å²) in [5.74, 6) is -0.455. The maximum atomic E-state index is 13.3. The fourth-order valence-corrected chi connectivity index (χ4v) is 7.63. The maximum Gasteiger partial charge on any atom is 0.376 e. The van der Waals surface area contributed by atoms with E-state index in [4.69, 9.17) is 14.9 Å². The van der Waals surface area contributed by atoms with Gasteiger partial charge in [0.05, 0.1) is 27.7 Å². The minimum absolute atomic E-state index is 0.0707. The molecule has 0 radical (unpaired) electrons. The van der Waals surface area contributed by atoms with Crippen molar-refractivity contribution in [3.63, 3.8) is 0 Å². The van der Waals surface area contributed by atoms with Crippen molar-refractivity contribution >= 4 is 32.7 Å². The van der Waals surface area contributed by atoms with Gasteiger partial charge in [-0.2, -0.15) is 5.10 Å². The molecule has 2 aromatic heterocycles. The van der Waals surface area contributed by atoms with E-state index in [1.54, 1.807) is 6.07 Å². The zero-order chi connectivity index (χ0) is 28.0. The molecule has 4 fully saturated rings. The Kier molecular flexibility index (Phi) is 7.20. The standard InChI is InChI=1S/C30H38N6O4S/c37-30(40-33-41(38,39)24-12-13-24)25-20-26(35-18-14-22(15-19-35)34-16-5-2-6-17-34)27-28(21-8-7-9-21)32-36(29(27)31-25)23-10-3-1-4-11-23/h1,3-4,10-11,20-22,24,33H,2,5-9,12-19H2. The number of para-hydroxylation sites is 1. The van der Waals surface area contributed by atoms with Crippen LogP contribution in [0.4, 0.5) is 5.69 Å². The predicted octanol–water partition coefficient (Wildman–Crippen LogP) is 4.30. The fourth-order valence-electron chi connectivity index (χ4n) is 6.54. The average Bonchev–Trinajstić information content (AvgIpc) is 3.79. The predicted molar refractivity (Wildman–Crippen MR) is 157 cm³/mol. The van der Waals surface area contributed by atoms with Crippen LogP contribution in [-0.4, -0.2) is 71.5 Å². The number of nitrogens with one attached hydrogen (secondary N) is 1. The third-order valence-electron chi connectivity index (χ3n) is 9.27. The number of aromatic nitrogens is 3. The lowest BCUT2D eigenvalue weighted by atomic mass is 9.82. The molecule has 11 heteroatoms. The molecule has 0 spiro atoms. The quantitative estimate of drug-likeness (QED) is 0.394. The van der Waals surface area contributed by atoms with Crippen molar-refractivity contribution in [2.24, 2.45) is 0 Å². The normalized spacial score (nSPS) is 21.2. The Morgan fingerprint density at radius 3 is 2.29 bits per heavy atom. The van der Waals surface area contributed by atoms with Crippen LogP contribution in [0.5, 0.6) is 0 Å². The summed E-state index contributed by atoms with van der Waals surface area (Å²) in [6.07, 6.45) is 10.5. The summed E-state index contributed by atoms with van der Waals surface area (Å²) in [7, 11) is -3.69. The topological polar surface area (TPSA) is 110 Å². The third-order valence-corrected chi connectivity index (χ3v) is 10.9. The minimum Gasteiger partial charge on any atom is -0.371 e. The first-order valence-corrected chi connectivity index (χ1v) is 16.7. The van der Waals surface area contributed by atoms with Gasteiger partial charge in [-0.25, -0.2) is 22.9 Å². The van der Waals surface area contributed by atoms with Gasteiger partial charge in [0.25, 0.3) is 0 Å². The number of pyridine rings is 1. The molecule has 2 saturated carbocycles. The minimum atomic E-state index is -3.69. The lowest BCUT2D eigenvalue weighted by Gasteiger charge is -2.41. The number of rotatable bonds is 8. The smallest absolute Gasteiger partial charge is 0.371 e. The molecule has 0 atom stereocenters. The van der Waals surface area contributed by atoms with Gasteiger partial charge in [-0.05, 0) is 87.5 Å². The number of carbonyl (C=O) groups is 1. The van der Waals surface area contributed by atoms with Gasteiger partial charge in [-0.3, -0.25) is 0 Å². The van der Waals surface area contributed by atoms with Gasteiger partial charge < -0.3 is 14.6 Å². The molecular weight excluding hydrogens is 540 g/mol. The van der Waals surface area contributed by atoms with Crippen molar-refractivity contribution in [2.45, 2.75) is 81.4 Å². The molecule has 2 saturated heterocycles. The highest BCUT2D eigenvalue weighted by Crippen LogP contribution is 2.43. The first-order valence-electron chi connectivity index (χ1n) is 15.2. The van der Waals surface area contributed by atoms with E-state index in [1.807, 2.05) is 39.9 Å². The van der Waals surface area contributed by atoms with Crippen LogP contribution in [0.15, 0.2) is 36.4 Å². The van der Waals surface area contributed by atoms with Gasteiger partial charge in [0, 0.05) is 25.0 Å². The third kappa shape index (κ3) is 5.35. The summed E-state index contributed by atoms with van der Waals surface area (Å²) in [6.45, 7) is 4.13. The SMILES string of the molecule is O=C(ONS(=O)(=O)C1CC1)c1cc(N2CCC(N3CCCCC3)CC2)c2c(C3CCC3)nn(-c3ccccc3)c2n1. The van der Waals surface area contributed by atoms with Crippen LogP contribution in [0.2, 0.25) is 0 Å². The highest BCUT2D eigenvalue weighted by molar-refractivity contribution is 7.90. The average molecular weight is 579 g/mol. The number of nitrogens with zero attached hydrogens (tertiary/aromatic N) is 5. The molecule has 2 aliphatic carbocycles. The molecular formula is C30H38N6O4S. The molecule has 7 rings (SSSR count). The Balaban J connectivity index is 1.27.